The van der Waals surface area contributed by atoms with Crippen molar-refractivity contribution in [2.75, 3.05) is 44.2 Å². The summed E-state index contributed by atoms with van der Waals surface area (Å²) < 4.78 is 27.1. The first kappa shape index (κ1) is 19.2. The fraction of sp³-hybridized carbons (Fsp3) is 0.750. The molecule has 4 aliphatic rings. The third kappa shape index (κ3) is 2.80. The largest absolute Gasteiger partial charge is 0.342 e. The van der Waals surface area contributed by atoms with Gasteiger partial charge in [-0.05, 0) is 45.1 Å². The highest BCUT2D eigenvalue weighted by molar-refractivity contribution is 7.90. The molecule has 29 heavy (non-hydrogen) atoms. The van der Waals surface area contributed by atoms with Crippen molar-refractivity contribution in [1.29, 1.82) is 0 Å². The van der Waals surface area contributed by atoms with Crippen molar-refractivity contribution in [1.82, 2.24) is 19.2 Å². The van der Waals surface area contributed by atoms with Crippen LogP contribution in [0.3, 0.4) is 0 Å². The summed E-state index contributed by atoms with van der Waals surface area (Å²) in [6, 6.07) is 1.80. The zero-order valence-electron chi connectivity index (χ0n) is 17.0. The van der Waals surface area contributed by atoms with Crippen LogP contribution in [-0.2, 0) is 14.8 Å². The Hall–Kier alpha value is -1.74. The number of nitrogens with zero attached hydrogens (tertiary/aromatic N) is 5. The van der Waals surface area contributed by atoms with Crippen molar-refractivity contribution in [3.8, 4) is 0 Å². The number of hydrogen-bond acceptors (Lipinski definition) is 6. The molecule has 1 aliphatic carbocycles. The number of rotatable bonds is 4. The van der Waals surface area contributed by atoms with Crippen LogP contribution < -0.4 is 4.90 Å². The van der Waals surface area contributed by atoms with Crippen LogP contribution in [0.1, 0.15) is 39.0 Å². The van der Waals surface area contributed by atoms with E-state index < -0.39 is 15.4 Å². The molecule has 1 saturated carbocycles. The lowest BCUT2D eigenvalue weighted by Crippen LogP contribution is -2.54. The molecule has 9 heteroatoms. The van der Waals surface area contributed by atoms with Gasteiger partial charge in [-0.2, -0.15) is 0 Å². The summed E-state index contributed by atoms with van der Waals surface area (Å²) in [6.07, 6.45) is 7.34. The van der Waals surface area contributed by atoms with Crippen LogP contribution in [0.4, 0.5) is 5.95 Å². The second kappa shape index (κ2) is 6.63. The first-order chi connectivity index (χ1) is 13.9. The molecule has 3 saturated heterocycles. The molecule has 5 rings (SSSR count). The molecular formula is C20H29N5O3S. The van der Waals surface area contributed by atoms with Crippen molar-refractivity contribution < 1.29 is 13.2 Å². The van der Waals surface area contributed by atoms with E-state index in [1.54, 1.807) is 22.8 Å². The number of carbonyl (C=O) groups excluding carboxylic acids is 1. The molecule has 158 valence electrons. The molecular weight excluding hydrogens is 390 g/mol. The topological polar surface area (TPSA) is 86.7 Å². The lowest BCUT2D eigenvalue weighted by molar-refractivity contribution is -0.141. The van der Waals surface area contributed by atoms with Gasteiger partial charge in [0.1, 0.15) is 0 Å². The van der Waals surface area contributed by atoms with Gasteiger partial charge in [0, 0.05) is 57.1 Å². The first-order valence-corrected chi connectivity index (χ1v) is 12.2. The van der Waals surface area contributed by atoms with E-state index in [9.17, 15) is 13.2 Å². The number of likely N-dealkylation sites (tertiary alicyclic amines) is 1. The Bertz CT molecular complexity index is 896. The minimum Gasteiger partial charge on any atom is -0.342 e. The number of piperidine rings is 1. The van der Waals surface area contributed by atoms with Crippen LogP contribution >= 0.6 is 0 Å². The van der Waals surface area contributed by atoms with Gasteiger partial charge in [-0.1, -0.05) is 0 Å². The van der Waals surface area contributed by atoms with E-state index in [1.165, 1.54) is 0 Å². The van der Waals surface area contributed by atoms with Crippen LogP contribution in [-0.4, -0.2) is 78.0 Å². The molecule has 4 heterocycles. The number of anilines is 1. The van der Waals surface area contributed by atoms with Crippen LogP contribution in [0.2, 0.25) is 0 Å². The number of sulfonamides is 1. The molecule has 2 spiro atoms. The van der Waals surface area contributed by atoms with E-state index in [-0.39, 0.29) is 16.6 Å². The molecule has 8 nitrogen and oxygen atoms in total. The molecule has 0 unspecified atom stereocenters. The van der Waals surface area contributed by atoms with E-state index in [4.69, 9.17) is 0 Å². The average molecular weight is 420 g/mol. The number of fused-ring (bicyclic) bond motifs is 1. The van der Waals surface area contributed by atoms with Crippen molar-refractivity contribution in [3.05, 3.63) is 18.5 Å². The molecule has 3 aliphatic heterocycles. The SMILES string of the molecule is CCN1CC[C@@]2(CN(c3ncccn3)CC23CCN(S(=O)(=O)C2CC2)CC3)C1=O. The van der Waals surface area contributed by atoms with Crippen molar-refractivity contribution >= 4 is 21.9 Å². The average Bonchev–Trinajstić information content (AvgIpc) is 3.49. The van der Waals surface area contributed by atoms with E-state index in [2.05, 4.69) is 14.9 Å². The lowest BCUT2D eigenvalue weighted by Gasteiger charge is -2.46. The zero-order valence-corrected chi connectivity index (χ0v) is 17.8. The molecule has 1 aromatic heterocycles. The lowest BCUT2D eigenvalue weighted by atomic mass is 9.60. The predicted molar refractivity (Wildman–Crippen MR) is 109 cm³/mol. The summed E-state index contributed by atoms with van der Waals surface area (Å²) in [5.74, 6) is 0.900. The van der Waals surface area contributed by atoms with Crippen molar-refractivity contribution in [2.24, 2.45) is 10.8 Å². The summed E-state index contributed by atoms with van der Waals surface area (Å²) in [4.78, 5) is 26.5. The maximum Gasteiger partial charge on any atom is 0.231 e. The predicted octanol–water partition coefficient (Wildman–Crippen LogP) is 1.11. The summed E-state index contributed by atoms with van der Waals surface area (Å²) in [7, 11) is -3.17. The highest BCUT2D eigenvalue weighted by atomic mass is 32.2. The zero-order chi connectivity index (χ0) is 20.3. The molecule has 4 fully saturated rings. The van der Waals surface area contributed by atoms with Gasteiger partial charge < -0.3 is 9.80 Å². The number of aromatic nitrogens is 2. The van der Waals surface area contributed by atoms with E-state index in [1.807, 2.05) is 11.8 Å². The van der Waals surface area contributed by atoms with Crippen LogP contribution in [0.5, 0.6) is 0 Å². The van der Waals surface area contributed by atoms with Gasteiger partial charge in [0.05, 0.1) is 10.7 Å². The number of amides is 1. The Morgan fingerprint density at radius 1 is 1.07 bits per heavy atom. The summed E-state index contributed by atoms with van der Waals surface area (Å²) in [6.45, 7) is 5.92. The van der Waals surface area contributed by atoms with Crippen molar-refractivity contribution in [3.63, 3.8) is 0 Å². The molecule has 0 N–H and O–H groups in total. The molecule has 0 radical (unpaired) electrons. The number of hydrogen-bond donors (Lipinski definition) is 0. The third-order valence-corrected chi connectivity index (χ3v) is 10.1. The van der Waals surface area contributed by atoms with Gasteiger partial charge in [0.15, 0.2) is 0 Å². The second-order valence-electron chi connectivity index (χ2n) is 9.05. The van der Waals surface area contributed by atoms with E-state index >= 15 is 0 Å². The normalized spacial score (nSPS) is 30.0. The molecule has 1 amide bonds. The second-order valence-corrected chi connectivity index (χ2v) is 11.3. The third-order valence-electron chi connectivity index (χ3n) is 7.68. The van der Waals surface area contributed by atoms with E-state index in [0.717, 1.165) is 51.7 Å². The maximum atomic E-state index is 13.5. The fourth-order valence-corrected chi connectivity index (χ4v) is 7.67. The Morgan fingerprint density at radius 3 is 2.34 bits per heavy atom. The molecule has 0 aromatic carbocycles. The van der Waals surface area contributed by atoms with Crippen molar-refractivity contribution in [2.45, 2.75) is 44.3 Å². The van der Waals surface area contributed by atoms with Crippen LogP contribution in [0.25, 0.3) is 0 Å². The highest BCUT2D eigenvalue weighted by Gasteiger charge is 2.66. The van der Waals surface area contributed by atoms with Gasteiger partial charge in [-0.15, -0.1) is 0 Å². The standard InChI is InChI=1S/C20H29N5O3S/c1-2-23-11-8-20(17(23)26)15-24(18-21-9-3-10-22-18)14-19(20)6-12-25(13-7-19)29(27,28)16-4-5-16/h3,9-10,16H,2,4-8,11-15H2,1H3/t20-/m1/s1. The molecule has 1 atom stereocenters. The Morgan fingerprint density at radius 2 is 1.76 bits per heavy atom. The van der Waals surface area contributed by atoms with Crippen LogP contribution in [0, 0.1) is 10.8 Å². The van der Waals surface area contributed by atoms with E-state index in [0.29, 0.717) is 25.6 Å². The van der Waals surface area contributed by atoms with Gasteiger partial charge >= 0.3 is 0 Å². The molecule has 1 aromatic rings. The first-order valence-electron chi connectivity index (χ1n) is 10.7. The highest BCUT2D eigenvalue weighted by Crippen LogP contribution is 2.58. The molecule has 0 bridgehead atoms. The Balaban J connectivity index is 1.46. The Kier molecular flexibility index (Phi) is 4.40. The minimum absolute atomic E-state index is 0.174. The maximum absolute atomic E-state index is 13.5. The fourth-order valence-electron chi connectivity index (χ4n) is 5.82. The smallest absolute Gasteiger partial charge is 0.231 e. The Labute approximate surface area is 172 Å². The van der Waals surface area contributed by atoms with Gasteiger partial charge in [-0.3, -0.25) is 4.79 Å². The van der Waals surface area contributed by atoms with Gasteiger partial charge in [0.2, 0.25) is 21.9 Å². The summed E-state index contributed by atoms with van der Waals surface area (Å²) in [5, 5.41) is -0.174. The number of carbonyl (C=O) groups is 1. The van der Waals surface area contributed by atoms with Crippen LogP contribution in [0.15, 0.2) is 18.5 Å². The quantitative estimate of drug-likeness (QED) is 0.727. The summed E-state index contributed by atoms with van der Waals surface area (Å²) in [5.41, 5.74) is -0.680. The van der Waals surface area contributed by atoms with Gasteiger partial charge in [-0.25, -0.2) is 22.7 Å². The van der Waals surface area contributed by atoms with Gasteiger partial charge in [0.25, 0.3) is 0 Å². The summed E-state index contributed by atoms with van der Waals surface area (Å²) >= 11 is 0. The monoisotopic (exact) mass is 419 g/mol. The minimum atomic E-state index is -3.17.